The molecule has 2 fully saturated rings. The molecule has 2 aliphatic carbocycles. The van der Waals surface area contributed by atoms with E-state index in [9.17, 15) is 0 Å². The zero-order valence-corrected chi connectivity index (χ0v) is 13.8. The first-order valence-corrected chi connectivity index (χ1v) is 8.28. The highest BCUT2D eigenvalue weighted by Crippen LogP contribution is 2.66. The smallest absolute Gasteiger partial charge is 0.126 e. The normalized spacial score (nSPS) is 33.3. The maximum Gasteiger partial charge on any atom is 0.126 e. The molecule has 0 aliphatic heterocycles. The molecule has 3 atom stereocenters. The Balaban J connectivity index is 1.65. The third-order valence-electron chi connectivity index (χ3n) is 6.35. The third-order valence-corrected chi connectivity index (χ3v) is 6.35. The molecule has 21 heavy (non-hydrogen) atoms. The molecule has 3 nitrogen and oxygen atoms in total. The predicted molar refractivity (Wildman–Crippen MR) is 86.2 cm³/mol. The van der Waals surface area contributed by atoms with Gasteiger partial charge in [0.25, 0.3) is 0 Å². The Hall–Kier alpha value is -1.09. The van der Waals surface area contributed by atoms with Gasteiger partial charge < -0.3 is 10.1 Å². The first-order chi connectivity index (χ1) is 9.97. The summed E-state index contributed by atoms with van der Waals surface area (Å²) in [5.74, 6) is 1.78. The largest absolute Gasteiger partial charge is 0.373 e. The molecular formula is C18H28N2O. The van der Waals surface area contributed by atoms with Crippen LogP contribution in [0.25, 0.3) is 0 Å². The highest BCUT2D eigenvalue weighted by molar-refractivity contribution is 5.37. The van der Waals surface area contributed by atoms with Gasteiger partial charge in [-0.05, 0) is 60.6 Å². The van der Waals surface area contributed by atoms with Crippen molar-refractivity contribution in [3.63, 3.8) is 0 Å². The molecule has 3 unspecified atom stereocenters. The summed E-state index contributed by atoms with van der Waals surface area (Å²) in [6.07, 6.45) is 6.19. The first-order valence-electron chi connectivity index (χ1n) is 8.28. The second-order valence-electron chi connectivity index (χ2n) is 7.49. The van der Waals surface area contributed by atoms with E-state index in [4.69, 9.17) is 4.74 Å². The van der Waals surface area contributed by atoms with Crippen molar-refractivity contribution in [3.05, 3.63) is 23.9 Å². The Labute approximate surface area is 128 Å². The van der Waals surface area contributed by atoms with Crippen molar-refractivity contribution in [1.29, 1.82) is 0 Å². The van der Waals surface area contributed by atoms with Gasteiger partial charge in [0, 0.05) is 12.7 Å². The summed E-state index contributed by atoms with van der Waals surface area (Å²) >= 11 is 0. The quantitative estimate of drug-likeness (QED) is 0.879. The van der Waals surface area contributed by atoms with Crippen LogP contribution in [0.1, 0.15) is 52.5 Å². The van der Waals surface area contributed by atoms with E-state index in [1.807, 2.05) is 6.20 Å². The molecule has 1 heterocycles. The monoisotopic (exact) mass is 288 g/mol. The Morgan fingerprint density at radius 2 is 2.19 bits per heavy atom. The molecule has 1 N–H and O–H groups in total. The fraction of sp³-hybridized carbons (Fsp3) is 0.722. The Kier molecular flexibility index (Phi) is 3.73. The first kappa shape index (κ1) is 14.8. The number of pyridine rings is 1. The van der Waals surface area contributed by atoms with Crippen molar-refractivity contribution in [2.24, 2.45) is 16.7 Å². The van der Waals surface area contributed by atoms with Crippen molar-refractivity contribution < 1.29 is 4.74 Å². The van der Waals surface area contributed by atoms with E-state index in [2.05, 4.69) is 50.1 Å². The van der Waals surface area contributed by atoms with Crippen LogP contribution in [0, 0.1) is 16.7 Å². The minimum atomic E-state index is 0.342. The number of nitrogens with one attached hydrogen (secondary N) is 1. The summed E-state index contributed by atoms with van der Waals surface area (Å²) in [5.41, 5.74) is 1.98. The Morgan fingerprint density at radius 1 is 1.38 bits per heavy atom. The lowest BCUT2D eigenvalue weighted by Crippen LogP contribution is -2.37. The van der Waals surface area contributed by atoms with Crippen LogP contribution in [0.5, 0.6) is 0 Å². The van der Waals surface area contributed by atoms with Crippen LogP contribution in [0.3, 0.4) is 0 Å². The lowest BCUT2D eigenvalue weighted by atomic mass is 9.70. The van der Waals surface area contributed by atoms with E-state index in [0.717, 1.165) is 18.3 Å². The number of ether oxygens (including phenoxy) is 1. The molecule has 2 saturated carbocycles. The number of rotatable bonds is 5. The fourth-order valence-electron chi connectivity index (χ4n) is 4.42. The van der Waals surface area contributed by atoms with E-state index < -0.39 is 0 Å². The summed E-state index contributed by atoms with van der Waals surface area (Å²) < 4.78 is 6.34. The van der Waals surface area contributed by atoms with Crippen LogP contribution in [0.4, 0.5) is 5.82 Å². The molecule has 1 aromatic heterocycles. The van der Waals surface area contributed by atoms with E-state index >= 15 is 0 Å². The second kappa shape index (κ2) is 5.28. The number of fused-ring (bicyclic) bond motifs is 2. The van der Waals surface area contributed by atoms with Gasteiger partial charge in [-0.15, -0.1) is 0 Å². The van der Waals surface area contributed by atoms with Gasteiger partial charge in [-0.1, -0.05) is 20.8 Å². The number of anilines is 1. The third kappa shape index (κ3) is 2.36. The Morgan fingerprint density at radius 3 is 2.81 bits per heavy atom. The molecular weight excluding hydrogens is 260 g/mol. The summed E-state index contributed by atoms with van der Waals surface area (Å²) in [6, 6.07) is 4.16. The molecule has 2 bridgehead atoms. The summed E-state index contributed by atoms with van der Waals surface area (Å²) in [6.45, 7) is 11.0. The van der Waals surface area contributed by atoms with Crippen LogP contribution >= 0.6 is 0 Å². The van der Waals surface area contributed by atoms with E-state index in [-0.39, 0.29) is 0 Å². The number of nitrogens with zero attached hydrogens (tertiary/aromatic N) is 1. The molecule has 116 valence electrons. The molecule has 0 radical (unpaired) electrons. The summed E-state index contributed by atoms with van der Waals surface area (Å²) in [7, 11) is 0. The number of aromatic nitrogens is 1. The van der Waals surface area contributed by atoms with Gasteiger partial charge in [0.05, 0.1) is 12.7 Å². The molecule has 0 spiro atoms. The van der Waals surface area contributed by atoms with Gasteiger partial charge in [0.1, 0.15) is 5.82 Å². The zero-order chi connectivity index (χ0) is 15.1. The van der Waals surface area contributed by atoms with E-state index in [1.54, 1.807) is 0 Å². The molecule has 0 saturated heterocycles. The molecule has 3 rings (SSSR count). The highest BCUT2D eigenvalue weighted by Gasteiger charge is 2.61. The maximum atomic E-state index is 6.34. The van der Waals surface area contributed by atoms with Crippen molar-refractivity contribution in [3.8, 4) is 0 Å². The van der Waals surface area contributed by atoms with Crippen molar-refractivity contribution >= 4 is 5.82 Å². The highest BCUT2D eigenvalue weighted by atomic mass is 16.5. The van der Waals surface area contributed by atoms with Crippen molar-refractivity contribution in [2.45, 2.75) is 59.7 Å². The molecule has 0 amide bonds. The molecule has 3 heteroatoms. The zero-order valence-electron chi connectivity index (χ0n) is 13.8. The predicted octanol–water partition coefficient (Wildman–Crippen LogP) is 4.24. The van der Waals surface area contributed by atoms with E-state index in [1.165, 1.54) is 24.8 Å². The SMILES string of the molecule is CCNc1cc(COC2CC3CCC2(C)C3(C)C)ccn1. The molecule has 0 aromatic carbocycles. The number of hydrogen-bond acceptors (Lipinski definition) is 3. The molecule has 1 aromatic rings. The van der Waals surface area contributed by atoms with Gasteiger partial charge in [0.2, 0.25) is 0 Å². The van der Waals surface area contributed by atoms with Gasteiger partial charge in [-0.25, -0.2) is 4.98 Å². The van der Waals surface area contributed by atoms with Crippen LogP contribution in [0.2, 0.25) is 0 Å². The fourth-order valence-corrected chi connectivity index (χ4v) is 4.42. The average Bonchev–Trinajstić information content (AvgIpc) is 2.79. The second-order valence-corrected chi connectivity index (χ2v) is 7.49. The van der Waals surface area contributed by atoms with Crippen LogP contribution in [0.15, 0.2) is 18.3 Å². The maximum absolute atomic E-state index is 6.34. The minimum Gasteiger partial charge on any atom is -0.373 e. The lowest BCUT2D eigenvalue weighted by Gasteiger charge is -2.38. The van der Waals surface area contributed by atoms with Gasteiger partial charge in [0.15, 0.2) is 0 Å². The number of hydrogen-bond donors (Lipinski definition) is 1. The summed E-state index contributed by atoms with van der Waals surface area (Å²) in [5, 5.41) is 3.26. The van der Waals surface area contributed by atoms with Crippen molar-refractivity contribution in [2.75, 3.05) is 11.9 Å². The summed E-state index contributed by atoms with van der Waals surface area (Å²) in [4.78, 5) is 4.32. The van der Waals surface area contributed by atoms with Gasteiger partial charge >= 0.3 is 0 Å². The van der Waals surface area contributed by atoms with Crippen LogP contribution in [-0.2, 0) is 11.3 Å². The average molecular weight is 288 g/mol. The van der Waals surface area contributed by atoms with Gasteiger partial charge in [-0.2, -0.15) is 0 Å². The van der Waals surface area contributed by atoms with E-state index in [0.29, 0.717) is 23.5 Å². The van der Waals surface area contributed by atoms with Gasteiger partial charge in [-0.3, -0.25) is 0 Å². The molecule has 2 aliphatic rings. The lowest BCUT2D eigenvalue weighted by molar-refractivity contribution is -0.0550. The minimum absolute atomic E-state index is 0.342. The standard InChI is InChI=1S/C18H28N2O/c1-5-19-16-10-13(7-9-20-16)12-21-15-11-14-6-8-18(15,4)17(14,2)3/h7,9-10,14-15H,5-6,8,11-12H2,1-4H3,(H,19,20). The topological polar surface area (TPSA) is 34.1 Å². The van der Waals surface area contributed by atoms with Crippen LogP contribution in [-0.4, -0.2) is 17.6 Å². The van der Waals surface area contributed by atoms with Crippen molar-refractivity contribution in [1.82, 2.24) is 4.98 Å². The Bertz CT molecular complexity index is 514. The van der Waals surface area contributed by atoms with Crippen LogP contribution < -0.4 is 5.32 Å².